The van der Waals surface area contributed by atoms with Crippen LogP contribution in [-0.2, 0) is 20.1 Å². The molecule has 1 aliphatic rings. The number of phenolic OH excluding ortho intramolecular Hbond substituents is 1. The van der Waals surface area contributed by atoms with Crippen molar-refractivity contribution in [1.82, 2.24) is 9.97 Å². The Kier molecular flexibility index (Phi) is 16.8. The van der Waals surface area contributed by atoms with Crippen molar-refractivity contribution in [2.24, 2.45) is 0 Å². The number of nitrogens with zero attached hydrogens (tertiary/aromatic N) is 4. The SMILES string of the molecule is CC(C)c1cc(-c2ccccc2)cc(C(C)C)c1-c1cc(-c2ccccn2)[c-]c(-c2ccccn2)c1.CC(C)c1cc(-c2ccccc2)cc(C(C)C)c1-c1ccc2c(c1)N(c1ccccc1O)[CH-]N2c1[c-]cccc1.[Ir+3]. The van der Waals surface area contributed by atoms with E-state index in [0.29, 0.717) is 23.7 Å². The van der Waals surface area contributed by atoms with Crippen LogP contribution >= 0.6 is 0 Å². The van der Waals surface area contributed by atoms with Crippen molar-refractivity contribution < 1.29 is 25.2 Å². The van der Waals surface area contributed by atoms with E-state index in [1.54, 1.807) is 6.07 Å². The molecule has 0 saturated heterocycles. The third-order valence-electron chi connectivity index (χ3n) is 14.2. The number of aromatic hydroxyl groups is 1. The predicted octanol–water partition coefficient (Wildman–Crippen LogP) is 19.4. The molecule has 0 unspecified atom stereocenters. The van der Waals surface area contributed by atoms with E-state index in [4.69, 9.17) is 0 Å². The maximum absolute atomic E-state index is 10.8. The van der Waals surface area contributed by atoms with Gasteiger partial charge in [-0.25, -0.2) is 0 Å². The van der Waals surface area contributed by atoms with Crippen molar-refractivity contribution in [3.8, 4) is 72.8 Å². The molecule has 0 radical (unpaired) electrons. The summed E-state index contributed by atoms with van der Waals surface area (Å²) in [5.41, 5.74) is 22.9. The summed E-state index contributed by atoms with van der Waals surface area (Å²) in [4.78, 5) is 13.5. The number of phenols is 1. The number of rotatable bonds is 12. The fraction of sp³-hybridized carbons (Fsp3) is 0.169. The van der Waals surface area contributed by atoms with Gasteiger partial charge in [0, 0.05) is 35.2 Å². The van der Waals surface area contributed by atoms with Crippen LogP contribution < -0.4 is 9.80 Å². The van der Waals surface area contributed by atoms with Crippen molar-refractivity contribution in [1.29, 1.82) is 0 Å². The molecule has 2 aromatic heterocycles. The molecular formula is C71H65IrN4O. The largest absolute Gasteiger partial charge is 3.00 e. The first-order valence-corrected chi connectivity index (χ1v) is 26.6. The Labute approximate surface area is 470 Å². The first kappa shape index (κ1) is 53.9. The van der Waals surface area contributed by atoms with Crippen LogP contribution in [0.5, 0.6) is 5.75 Å². The Bertz CT molecular complexity index is 3470. The summed E-state index contributed by atoms with van der Waals surface area (Å²) in [6.07, 6.45) is 3.67. The van der Waals surface area contributed by atoms with Crippen molar-refractivity contribution in [2.75, 3.05) is 9.80 Å². The molecule has 0 aliphatic carbocycles. The summed E-state index contributed by atoms with van der Waals surface area (Å²) in [7, 11) is 0. The predicted molar refractivity (Wildman–Crippen MR) is 318 cm³/mol. The topological polar surface area (TPSA) is 52.5 Å². The Morgan fingerprint density at radius 1 is 0.403 bits per heavy atom. The molecule has 384 valence electrons. The molecule has 10 aromatic rings. The second kappa shape index (κ2) is 24.0. The number of pyridine rings is 2. The number of aromatic nitrogens is 2. The first-order chi connectivity index (χ1) is 36.9. The molecule has 1 aliphatic heterocycles. The Morgan fingerprint density at radius 2 is 0.870 bits per heavy atom. The fourth-order valence-corrected chi connectivity index (χ4v) is 10.4. The van der Waals surface area contributed by atoms with Gasteiger partial charge in [-0.05, 0) is 121 Å². The van der Waals surface area contributed by atoms with Gasteiger partial charge in [0.2, 0.25) is 0 Å². The number of hydrogen-bond acceptors (Lipinski definition) is 5. The average Bonchev–Trinajstić information content (AvgIpc) is 3.92. The smallest absolute Gasteiger partial charge is 0.506 e. The minimum absolute atomic E-state index is 0. The number of hydrogen-bond donors (Lipinski definition) is 1. The second-order valence-corrected chi connectivity index (χ2v) is 20.8. The van der Waals surface area contributed by atoms with Crippen molar-refractivity contribution in [3.05, 3.63) is 254 Å². The van der Waals surface area contributed by atoms with Crippen LogP contribution in [0.2, 0.25) is 0 Å². The summed E-state index contributed by atoms with van der Waals surface area (Å²) in [5.74, 6) is 1.66. The van der Waals surface area contributed by atoms with Gasteiger partial charge in [-0.3, -0.25) is 9.97 Å². The van der Waals surface area contributed by atoms with E-state index in [1.807, 2.05) is 91.9 Å². The first-order valence-electron chi connectivity index (χ1n) is 26.6. The molecule has 11 rings (SSSR count). The Balaban J connectivity index is 0.000000186. The monoisotopic (exact) mass is 1180 g/mol. The zero-order chi connectivity index (χ0) is 52.9. The number of anilines is 4. The van der Waals surface area contributed by atoms with Gasteiger partial charge >= 0.3 is 20.1 Å². The number of para-hydroxylation sites is 3. The maximum Gasteiger partial charge on any atom is 3.00 e. The molecule has 0 atom stereocenters. The fourth-order valence-electron chi connectivity index (χ4n) is 10.4. The van der Waals surface area contributed by atoms with Crippen LogP contribution in [0.4, 0.5) is 22.7 Å². The number of benzene rings is 8. The Hall–Kier alpha value is -7.89. The molecule has 0 spiro atoms. The van der Waals surface area contributed by atoms with Gasteiger partial charge in [0.05, 0.1) is 5.69 Å². The summed E-state index contributed by atoms with van der Waals surface area (Å²) < 4.78 is 0. The summed E-state index contributed by atoms with van der Waals surface area (Å²) in [6.45, 7) is 20.3. The minimum Gasteiger partial charge on any atom is -0.506 e. The van der Waals surface area contributed by atoms with E-state index >= 15 is 0 Å². The van der Waals surface area contributed by atoms with E-state index in [1.165, 1.54) is 66.8 Å². The van der Waals surface area contributed by atoms with Gasteiger partial charge < -0.3 is 14.9 Å². The molecular weight excluding hydrogens is 1120 g/mol. The molecule has 0 saturated carbocycles. The van der Waals surface area contributed by atoms with Crippen LogP contribution in [0.3, 0.4) is 0 Å². The quantitative estimate of drug-likeness (QED) is 0.124. The molecule has 0 fully saturated rings. The zero-order valence-corrected chi connectivity index (χ0v) is 47.6. The third-order valence-corrected chi connectivity index (χ3v) is 14.2. The Morgan fingerprint density at radius 3 is 1.32 bits per heavy atom. The van der Waals surface area contributed by atoms with Crippen LogP contribution in [0.25, 0.3) is 67.0 Å². The molecule has 3 heterocycles. The minimum atomic E-state index is 0. The van der Waals surface area contributed by atoms with Crippen LogP contribution in [0, 0.1) is 18.8 Å². The second-order valence-electron chi connectivity index (χ2n) is 20.8. The third kappa shape index (κ3) is 11.6. The zero-order valence-electron chi connectivity index (χ0n) is 45.2. The van der Waals surface area contributed by atoms with Crippen LogP contribution in [-0.4, -0.2) is 15.1 Å². The molecule has 6 heteroatoms. The van der Waals surface area contributed by atoms with E-state index in [9.17, 15) is 5.11 Å². The summed E-state index contributed by atoms with van der Waals surface area (Å²) >= 11 is 0. The van der Waals surface area contributed by atoms with E-state index in [2.05, 4.69) is 209 Å². The molecule has 77 heavy (non-hydrogen) atoms. The van der Waals surface area contributed by atoms with Crippen molar-refractivity contribution in [3.63, 3.8) is 0 Å². The maximum atomic E-state index is 10.8. The van der Waals surface area contributed by atoms with Gasteiger partial charge in [0.1, 0.15) is 5.75 Å². The molecule has 0 bridgehead atoms. The van der Waals surface area contributed by atoms with Gasteiger partial charge in [-0.15, -0.1) is 30.6 Å². The van der Waals surface area contributed by atoms with E-state index in [-0.39, 0.29) is 25.9 Å². The van der Waals surface area contributed by atoms with Gasteiger partial charge in [0.15, 0.2) is 0 Å². The normalized spacial score (nSPS) is 11.9. The molecule has 1 N–H and O–H groups in total. The van der Waals surface area contributed by atoms with E-state index in [0.717, 1.165) is 45.3 Å². The standard InChI is InChI=1S/C37H34N2O.C34H31N2.Ir/c1-25(2)31-21-29(27-13-7-5-8-14-27)22-32(26(3)4)37(31)28-19-20-33-35(23-28)39(34-17-11-12-18-36(34)40)24-38(33)30-15-9-6-10-16-30;1-23(2)30-21-26(25-12-6-5-7-13-25)22-31(24(3)4)34(30)29-19-27(32-14-8-10-16-35-32)18-28(20-29)33-15-9-11-17-36-33;/h5-15,17-26,40H,1-4H3;5-17,19-24H,1-4H3;/q-2;-1;+3. The van der Waals surface area contributed by atoms with Crippen molar-refractivity contribution in [2.45, 2.75) is 79.1 Å². The van der Waals surface area contributed by atoms with E-state index < -0.39 is 0 Å². The summed E-state index contributed by atoms with van der Waals surface area (Å²) in [6, 6.07) is 76.5. The van der Waals surface area contributed by atoms with Crippen LogP contribution in [0.15, 0.2) is 213 Å². The number of fused-ring (bicyclic) bond motifs is 1. The van der Waals surface area contributed by atoms with Gasteiger partial charge in [0.25, 0.3) is 0 Å². The molecule has 5 nitrogen and oxygen atoms in total. The summed E-state index contributed by atoms with van der Waals surface area (Å²) in [5, 5.41) is 10.8. The average molecular weight is 1180 g/mol. The van der Waals surface area contributed by atoms with Gasteiger partial charge in [-0.2, -0.15) is 30.3 Å². The molecule has 0 amide bonds. The van der Waals surface area contributed by atoms with Crippen LogP contribution in [0.1, 0.15) is 101 Å². The molecule has 8 aromatic carbocycles. The van der Waals surface area contributed by atoms with Crippen molar-refractivity contribution >= 4 is 22.7 Å². The van der Waals surface area contributed by atoms with Gasteiger partial charge in [-0.1, -0.05) is 199 Å².